The molecule has 2 atom stereocenters. The average Bonchev–Trinajstić information content (AvgIpc) is 2.17. The molecule has 0 aliphatic carbocycles. The summed E-state index contributed by atoms with van der Waals surface area (Å²) in [6.07, 6.45) is 2.41. The molecule has 1 aromatic carbocycles. The molecule has 0 amide bonds. The minimum Gasteiger partial charge on any atom is -0.310 e. The van der Waals surface area contributed by atoms with Gasteiger partial charge in [-0.15, -0.1) is 0 Å². The molecule has 1 aliphatic heterocycles. The molecule has 0 radical (unpaired) electrons. The third-order valence-corrected chi connectivity index (χ3v) is 3.57. The molecular weight excluding hydrogens is 229 g/mol. The Morgan fingerprint density at radius 3 is 2.80 bits per heavy atom. The molecule has 0 bridgehead atoms. The van der Waals surface area contributed by atoms with E-state index in [-0.39, 0.29) is 0 Å². The van der Waals surface area contributed by atoms with Crippen LogP contribution in [0.3, 0.4) is 0 Å². The van der Waals surface area contributed by atoms with Crippen LogP contribution >= 0.6 is 23.2 Å². The van der Waals surface area contributed by atoms with Crippen molar-refractivity contribution in [2.24, 2.45) is 5.92 Å². The van der Waals surface area contributed by atoms with E-state index in [4.69, 9.17) is 23.2 Å². The molecule has 0 spiro atoms. The van der Waals surface area contributed by atoms with Crippen molar-refractivity contribution in [3.63, 3.8) is 0 Å². The molecule has 1 fully saturated rings. The molecular formula is C12H15Cl2N. The van der Waals surface area contributed by atoms with Gasteiger partial charge in [-0.3, -0.25) is 0 Å². The van der Waals surface area contributed by atoms with Gasteiger partial charge in [0.05, 0.1) is 0 Å². The van der Waals surface area contributed by atoms with Crippen LogP contribution in [0.2, 0.25) is 10.0 Å². The van der Waals surface area contributed by atoms with Crippen LogP contribution in [-0.4, -0.2) is 6.54 Å². The molecule has 15 heavy (non-hydrogen) atoms. The van der Waals surface area contributed by atoms with Gasteiger partial charge in [0.15, 0.2) is 0 Å². The standard InChI is InChI=1S/C12H15Cl2N/c1-8-4-5-15-12(6-8)10-3-2-9(13)7-11(10)14/h2-3,7-8,12,15H,4-6H2,1H3. The van der Waals surface area contributed by atoms with E-state index in [0.717, 1.165) is 23.9 Å². The number of piperidine rings is 1. The van der Waals surface area contributed by atoms with Gasteiger partial charge in [0.1, 0.15) is 0 Å². The number of hydrogen-bond acceptors (Lipinski definition) is 1. The number of hydrogen-bond donors (Lipinski definition) is 1. The third-order valence-electron chi connectivity index (χ3n) is 3.00. The van der Waals surface area contributed by atoms with Crippen LogP contribution in [0.15, 0.2) is 18.2 Å². The van der Waals surface area contributed by atoms with Crippen molar-refractivity contribution in [3.05, 3.63) is 33.8 Å². The number of nitrogens with one attached hydrogen (secondary N) is 1. The summed E-state index contributed by atoms with van der Waals surface area (Å²) in [7, 11) is 0. The van der Waals surface area contributed by atoms with Gasteiger partial charge in [-0.05, 0) is 43.0 Å². The molecule has 2 unspecified atom stereocenters. The van der Waals surface area contributed by atoms with Crippen LogP contribution in [0, 0.1) is 5.92 Å². The Balaban J connectivity index is 2.21. The monoisotopic (exact) mass is 243 g/mol. The Morgan fingerprint density at radius 1 is 1.33 bits per heavy atom. The van der Waals surface area contributed by atoms with Gasteiger partial charge in [0.2, 0.25) is 0 Å². The molecule has 0 saturated carbocycles. The molecule has 1 aliphatic rings. The highest BCUT2D eigenvalue weighted by atomic mass is 35.5. The predicted octanol–water partition coefficient (Wildman–Crippen LogP) is 4.05. The molecule has 1 aromatic rings. The summed E-state index contributed by atoms with van der Waals surface area (Å²) in [5.74, 6) is 0.767. The Morgan fingerprint density at radius 2 is 2.13 bits per heavy atom. The van der Waals surface area contributed by atoms with Crippen LogP contribution in [0.5, 0.6) is 0 Å². The first kappa shape index (κ1) is 11.3. The lowest BCUT2D eigenvalue weighted by atomic mass is 9.90. The maximum absolute atomic E-state index is 6.19. The van der Waals surface area contributed by atoms with Gasteiger partial charge in [0.25, 0.3) is 0 Å². The first-order chi connectivity index (χ1) is 7.16. The fourth-order valence-corrected chi connectivity index (χ4v) is 2.67. The zero-order valence-electron chi connectivity index (χ0n) is 8.76. The molecule has 1 nitrogen and oxygen atoms in total. The van der Waals surface area contributed by atoms with Gasteiger partial charge in [-0.2, -0.15) is 0 Å². The molecule has 1 N–H and O–H groups in total. The molecule has 3 heteroatoms. The maximum Gasteiger partial charge on any atom is 0.0468 e. The second kappa shape index (κ2) is 4.73. The highest BCUT2D eigenvalue weighted by molar-refractivity contribution is 6.35. The summed E-state index contributed by atoms with van der Waals surface area (Å²) in [6, 6.07) is 6.14. The van der Waals surface area contributed by atoms with Crippen molar-refractivity contribution < 1.29 is 0 Å². The minimum atomic E-state index is 0.388. The van der Waals surface area contributed by atoms with E-state index in [1.165, 1.54) is 12.0 Å². The van der Waals surface area contributed by atoms with Crippen molar-refractivity contribution in [1.82, 2.24) is 5.32 Å². The fourth-order valence-electron chi connectivity index (χ4n) is 2.13. The Labute approximate surface area is 101 Å². The molecule has 82 valence electrons. The number of halogens is 2. The quantitative estimate of drug-likeness (QED) is 0.785. The first-order valence-corrected chi connectivity index (χ1v) is 6.10. The highest BCUT2D eigenvalue weighted by Crippen LogP contribution is 2.32. The molecule has 0 aromatic heterocycles. The largest absolute Gasteiger partial charge is 0.310 e. The van der Waals surface area contributed by atoms with E-state index in [1.54, 1.807) is 0 Å². The second-order valence-corrected chi connectivity index (χ2v) is 5.15. The van der Waals surface area contributed by atoms with E-state index in [0.29, 0.717) is 11.1 Å². The van der Waals surface area contributed by atoms with E-state index >= 15 is 0 Å². The van der Waals surface area contributed by atoms with Crippen molar-refractivity contribution in [2.75, 3.05) is 6.54 Å². The van der Waals surface area contributed by atoms with E-state index in [2.05, 4.69) is 12.2 Å². The summed E-state index contributed by atoms with van der Waals surface area (Å²) < 4.78 is 0. The van der Waals surface area contributed by atoms with E-state index < -0.39 is 0 Å². The molecule has 2 rings (SSSR count). The normalized spacial score (nSPS) is 26.6. The third kappa shape index (κ3) is 2.66. The van der Waals surface area contributed by atoms with Crippen molar-refractivity contribution in [1.29, 1.82) is 0 Å². The zero-order valence-corrected chi connectivity index (χ0v) is 10.3. The van der Waals surface area contributed by atoms with Gasteiger partial charge >= 0.3 is 0 Å². The highest BCUT2D eigenvalue weighted by Gasteiger charge is 2.21. The summed E-state index contributed by atoms with van der Waals surface area (Å²) in [5.41, 5.74) is 1.17. The predicted molar refractivity (Wildman–Crippen MR) is 65.6 cm³/mol. The number of rotatable bonds is 1. The van der Waals surface area contributed by atoms with Crippen molar-refractivity contribution in [2.45, 2.75) is 25.8 Å². The minimum absolute atomic E-state index is 0.388. The fraction of sp³-hybridized carbons (Fsp3) is 0.500. The lowest BCUT2D eigenvalue weighted by molar-refractivity contribution is 0.325. The van der Waals surface area contributed by atoms with Gasteiger partial charge in [-0.25, -0.2) is 0 Å². The summed E-state index contributed by atoms with van der Waals surface area (Å²) in [4.78, 5) is 0. The molecule has 1 saturated heterocycles. The summed E-state index contributed by atoms with van der Waals surface area (Å²) >= 11 is 12.1. The van der Waals surface area contributed by atoms with Crippen LogP contribution in [0.1, 0.15) is 31.4 Å². The van der Waals surface area contributed by atoms with Crippen molar-refractivity contribution >= 4 is 23.2 Å². The van der Waals surface area contributed by atoms with Gasteiger partial charge < -0.3 is 5.32 Å². The van der Waals surface area contributed by atoms with Crippen LogP contribution < -0.4 is 5.32 Å². The second-order valence-electron chi connectivity index (χ2n) is 4.30. The van der Waals surface area contributed by atoms with Crippen LogP contribution in [0.25, 0.3) is 0 Å². The van der Waals surface area contributed by atoms with Gasteiger partial charge in [0, 0.05) is 16.1 Å². The van der Waals surface area contributed by atoms with Crippen molar-refractivity contribution in [3.8, 4) is 0 Å². The van der Waals surface area contributed by atoms with E-state index in [9.17, 15) is 0 Å². The average molecular weight is 244 g/mol. The van der Waals surface area contributed by atoms with Crippen LogP contribution in [-0.2, 0) is 0 Å². The topological polar surface area (TPSA) is 12.0 Å². The lowest BCUT2D eigenvalue weighted by Crippen LogP contribution is -2.30. The summed E-state index contributed by atoms with van der Waals surface area (Å²) in [6.45, 7) is 3.36. The van der Waals surface area contributed by atoms with Gasteiger partial charge in [-0.1, -0.05) is 36.2 Å². The lowest BCUT2D eigenvalue weighted by Gasteiger charge is -2.29. The number of benzene rings is 1. The maximum atomic E-state index is 6.19. The zero-order chi connectivity index (χ0) is 10.8. The van der Waals surface area contributed by atoms with E-state index in [1.807, 2.05) is 18.2 Å². The molecule has 1 heterocycles. The Kier molecular flexibility index (Phi) is 3.55. The van der Waals surface area contributed by atoms with Crippen LogP contribution in [0.4, 0.5) is 0 Å². The Bertz CT molecular complexity index is 351. The summed E-state index contributed by atoms with van der Waals surface area (Å²) in [5, 5.41) is 4.97. The Hall–Kier alpha value is -0.240. The smallest absolute Gasteiger partial charge is 0.0468 e. The SMILES string of the molecule is CC1CCNC(c2ccc(Cl)cc2Cl)C1. The first-order valence-electron chi connectivity index (χ1n) is 5.35.